The summed E-state index contributed by atoms with van der Waals surface area (Å²) >= 11 is 0. The second-order valence-electron chi connectivity index (χ2n) is 7.73. The standard InChI is InChI=1S/C25H31N5O2/c1-7-30-19(5)21(18(4)29-30)15-26-25(27-22-14-16(2)12-13-23(22)32-6)28-24(31)20-11-9-8-10-17(20)3/h8-14H,7,15H2,1-6H3,(H2,26,27,28,31). The van der Waals surface area contributed by atoms with E-state index >= 15 is 0 Å². The molecule has 0 saturated carbocycles. The van der Waals surface area contributed by atoms with Crippen molar-refractivity contribution >= 4 is 17.6 Å². The van der Waals surface area contributed by atoms with Crippen LogP contribution in [0.1, 0.15) is 45.4 Å². The van der Waals surface area contributed by atoms with E-state index in [0.29, 0.717) is 23.8 Å². The van der Waals surface area contributed by atoms with Gasteiger partial charge in [0.1, 0.15) is 5.75 Å². The third kappa shape index (κ3) is 5.17. The number of nitrogens with zero attached hydrogens (tertiary/aromatic N) is 3. The largest absolute Gasteiger partial charge is 0.495 e. The lowest BCUT2D eigenvalue weighted by atomic mass is 10.1. The summed E-state index contributed by atoms with van der Waals surface area (Å²) in [5.74, 6) is 0.795. The minimum Gasteiger partial charge on any atom is -0.495 e. The summed E-state index contributed by atoms with van der Waals surface area (Å²) in [5, 5.41) is 10.8. The lowest BCUT2D eigenvalue weighted by Gasteiger charge is -2.15. The zero-order valence-electron chi connectivity index (χ0n) is 19.6. The van der Waals surface area contributed by atoms with Crippen molar-refractivity contribution in [3.05, 3.63) is 76.1 Å². The van der Waals surface area contributed by atoms with Crippen molar-refractivity contribution in [3.63, 3.8) is 0 Å². The van der Waals surface area contributed by atoms with Gasteiger partial charge in [0.15, 0.2) is 0 Å². The van der Waals surface area contributed by atoms with Crippen molar-refractivity contribution in [1.82, 2.24) is 15.1 Å². The maximum Gasteiger partial charge on any atom is 0.258 e. The van der Waals surface area contributed by atoms with E-state index in [2.05, 4.69) is 22.7 Å². The molecule has 7 heteroatoms. The predicted octanol–water partition coefficient (Wildman–Crippen LogP) is 4.54. The molecule has 0 aliphatic rings. The third-order valence-electron chi connectivity index (χ3n) is 5.46. The molecule has 0 bridgehead atoms. The molecule has 1 amide bonds. The Morgan fingerprint density at radius 2 is 1.88 bits per heavy atom. The van der Waals surface area contributed by atoms with Gasteiger partial charge in [-0.3, -0.25) is 14.8 Å². The second kappa shape index (κ2) is 10.1. The summed E-state index contributed by atoms with van der Waals surface area (Å²) in [6.07, 6.45) is 0. The van der Waals surface area contributed by atoms with E-state index in [9.17, 15) is 4.79 Å². The molecule has 3 rings (SSSR count). The molecule has 0 spiro atoms. The highest BCUT2D eigenvalue weighted by atomic mass is 16.5. The lowest BCUT2D eigenvalue weighted by Crippen LogP contribution is -2.36. The highest BCUT2D eigenvalue weighted by molar-refractivity contribution is 6.10. The first-order valence-electron chi connectivity index (χ1n) is 10.7. The highest BCUT2D eigenvalue weighted by Crippen LogP contribution is 2.25. The predicted molar refractivity (Wildman–Crippen MR) is 129 cm³/mol. The number of aliphatic imine (C=N–C) groups is 1. The van der Waals surface area contributed by atoms with Gasteiger partial charge in [-0.25, -0.2) is 4.99 Å². The van der Waals surface area contributed by atoms with Gasteiger partial charge in [0, 0.05) is 23.4 Å². The maximum absolute atomic E-state index is 13.0. The number of nitrogens with one attached hydrogen (secondary N) is 2. The van der Waals surface area contributed by atoms with Crippen molar-refractivity contribution in [2.75, 3.05) is 12.4 Å². The monoisotopic (exact) mass is 433 g/mol. The molecule has 3 aromatic rings. The summed E-state index contributed by atoms with van der Waals surface area (Å²) in [6.45, 7) is 11.2. The minimum absolute atomic E-state index is 0.223. The topological polar surface area (TPSA) is 80.5 Å². The number of carbonyl (C=O) groups is 1. The fraction of sp³-hybridized carbons (Fsp3) is 0.320. The fourth-order valence-corrected chi connectivity index (χ4v) is 3.59. The Morgan fingerprint density at radius 1 is 1.12 bits per heavy atom. The lowest BCUT2D eigenvalue weighted by molar-refractivity contribution is 0.0976. The van der Waals surface area contributed by atoms with Crippen LogP contribution in [-0.4, -0.2) is 28.8 Å². The van der Waals surface area contributed by atoms with Gasteiger partial charge >= 0.3 is 0 Å². The van der Waals surface area contributed by atoms with E-state index in [0.717, 1.165) is 40.3 Å². The number of rotatable bonds is 6. The fourth-order valence-electron chi connectivity index (χ4n) is 3.59. The summed E-state index contributed by atoms with van der Waals surface area (Å²) in [5.41, 5.74) is 6.35. The number of hydrogen-bond donors (Lipinski definition) is 2. The van der Waals surface area contributed by atoms with E-state index in [4.69, 9.17) is 9.73 Å². The Balaban J connectivity index is 1.95. The molecule has 1 aromatic heterocycles. The second-order valence-corrected chi connectivity index (χ2v) is 7.73. The Labute approximate surface area is 189 Å². The minimum atomic E-state index is -0.223. The first kappa shape index (κ1) is 23.1. The number of guanidine groups is 1. The van der Waals surface area contributed by atoms with Gasteiger partial charge in [-0.1, -0.05) is 24.3 Å². The van der Waals surface area contributed by atoms with Crippen molar-refractivity contribution in [2.24, 2.45) is 4.99 Å². The van der Waals surface area contributed by atoms with Crippen LogP contribution >= 0.6 is 0 Å². The van der Waals surface area contributed by atoms with E-state index in [-0.39, 0.29) is 5.91 Å². The Bertz CT molecular complexity index is 1150. The first-order chi connectivity index (χ1) is 15.3. The van der Waals surface area contributed by atoms with Crippen molar-refractivity contribution in [2.45, 2.75) is 47.7 Å². The highest BCUT2D eigenvalue weighted by Gasteiger charge is 2.15. The quantitative estimate of drug-likeness (QED) is 0.442. The Kier molecular flexibility index (Phi) is 7.30. The van der Waals surface area contributed by atoms with Crippen LogP contribution in [-0.2, 0) is 13.1 Å². The Morgan fingerprint density at radius 3 is 2.53 bits per heavy atom. The maximum atomic E-state index is 13.0. The van der Waals surface area contributed by atoms with Crippen LogP contribution in [0.5, 0.6) is 5.75 Å². The van der Waals surface area contributed by atoms with Gasteiger partial charge in [-0.2, -0.15) is 5.10 Å². The van der Waals surface area contributed by atoms with Crippen molar-refractivity contribution in [1.29, 1.82) is 0 Å². The number of aryl methyl sites for hydroxylation is 4. The van der Waals surface area contributed by atoms with Crippen LogP contribution in [0.2, 0.25) is 0 Å². The normalized spacial score (nSPS) is 11.4. The first-order valence-corrected chi connectivity index (χ1v) is 10.7. The third-order valence-corrected chi connectivity index (χ3v) is 5.46. The number of methoxy groups -OCH3 is 1. The Hall–Kier alpha value is -3.61. The molecule has 0 radical (unpaired) electrons. The molecule has 1 heterocycles. The summed E-state index contributed by atoms with van der Waals surface area (Å²) in [6, 6.07) is 13.3. The smallest absolute Gasteiger partial charge is 0.258 e. The molecule has 0 aliphatic carbocycles. The number of amides is 1. The molecule has 0 fully saturated rings. The van der Waals surface area contributed by atoms with Crippen LogP contribution in [0.25, 0.3) is 0 Å². The van der Waals surface area contributed by atoms with Gasteiger partial charge in [0.25, 0.3) is 5.91 Å². The zero-order chi connectivity index (χ0) is 23.3. The number of ether oxygens (including phenoxy) is 1. The van der Waals surface area contributed by atoms with Gasteiger partial charge in [-0.15, -0.1) is 0 Å². The molecule has 0 atom stereocenters. The summed E-state index contributed by atoms with van der Waals surface area (Å²) in [7, 11) is 1.62. The van der Waals surface area contributed by atoms with Crippen molar-refractivity contribution in [3.8, 4) is 5.75 Å². The molecule has 32 heavy (non-hydrogen) atoms. The molecule has 0 saturated heterocycles. The molecule has 0 aliphatic heterocycles. The van der Waals surface area contributed by atoms with E-state index < -0.39 is 0 Å². The molecule has 168 valence electrons. The number of anilines is 1. The van der Waals surface area contributed by atoms with Gasteiger partial charge in [-0.05, 0) is 63.9 Å². The van der Waals surface area contributed by atoms with Crippen LogP contribution in [0.15, 0.2) is 47.5 Å². The molecule has 2 aromatic carbocycles. The molecular weight excluding hydrogens is 402 g/mol. The molecule has 2 N–H and O–H groups in total. The average Bonchev–Trinajstić information content (AvgIpc) is 3.05. The number of carbonyl (C=O) groups excluding carboxylic acids is 1. The zero-order valence-corrected chi connectivity index (χ0v) is 19.6. The van der Waals surface area contributed by atoms with Crippen LogP contribution in [0.3, 0.4) is 0 Å². The number of benzene rings is 2. The molecular formula is C25H31N5O2. The van der Waals surface area contributed by atoms with Gasteiger partial charge in [0.05, 0.1) is 25.0 Å². The summed E-state index contributed by atoms with van der Waals surface area (Å²) in [4.78, 5) is 17.7. The summed E-state index contributed by atoms with van der Waals surface area (Å²) < 4.78 is 7.45. The van der Waals surface area contributed by atoms with E-state index in [1.807, 2.05) is 68.8 Å². The SMILES string of the molecule is CCn1nc(C)c(CN=C(NC(=O)c2ccccc2C)Nc2cc(C)ccc2OC)c1C. The van der Waals surface area contributed by atoms with Gasteiger partial charge in [0.2, 0.25) is 5.96 Å². The van der Waals surface area contributed by atoms with Crippen LogP contribution in [0.4, 0.5) is 5.69 Å². The number of aromatic nitrogens is 2. The van der Waals surface area contributed by atoms with Crippen molar-refractivity contribution < 1.29 is 9.53 Å². The molecule has 7 nitrogen and oxygen atoms in total. The van der Waals surface area contributed by atoms with Gasteiger partial charge < -0.3 is 10.1 Å². The number of hydrogen-bond acceptors (Lipinski definition) is 4. The van der Waals surface area contributed by atoms with E-state index in [1.54, 1.807) is 13.2 Å². The van der Waals surface area contributed by atoms with E-state index in [1.165, 1.54) is 0 Å². The average molecular weight is 434 g/mol. The van der Waals surface area contributed by atoms with Crippen LogP contribution < -0.4 is 15.4 Å². The molecule has 0 unspecified atom stereocenters. The van der Waals surface area contributed by atoms with Crippen LogP contribution in [0, 0.1) is 27.7 Å².